The molecular formula is C28H27N5O4S. The monoisotopic (exact) mass is 529 g/mol. The predicted molar refractivity (Wildman–Crippen MR) is 147 cm³/mol. The molecular weight excluding hydrogens is 502 g/mol. The maximum Gasteiger partial charge on any atom is 0.227 e. The zero-order valence-corrected chi connectivity index (χ0v) is 21.8. The number of aromatic nitrogens is 3. The maximum atomic E-state index is 13.5. The van der Waals surface area contributed by atoms with Gasteiger partial charge in [0.05, 0.1) is 12.1 Å². The SMILES string of the molecule is C/C(=C(\CCO)SC(=O)c1ccccc1Oc1cccc2cccnc12)N(C=O)Cc1cnc(C)nc1N. The number of aliphatic hydroxyl groups excluding tert-OH is 1. The summed E-state index contributed by atoms with van der Waals surface area (Å²) < 4.78 is 6.16. The van der Waals surface area contributed by atoms with Crippen LogP contribution in [0.4, 0.5) is 5.82 Å². The highest BCUT2D eigenvalue weighted by atomic mass is 32.2. The van der Waals surface area contributed by atoms with Crippen molar-refractivity contribution in [3.8, 4) is 11.5 Å². The standard InChI is InChI=1S/C28H27N5O4S/c1-18(33(17-35)16-21-15-31-19(2)32-27(21)29)25(12-14-34)38-28(36)22-9-3-4-10-23(22)37-24-11-5-7-20-8-6-13-30-26(20)24/h3-11,13,15,17,34H,12,14,16H2,1-2H3,(H2,29,31,32)/b25-18-. The van der Waals surface area contributed by atoms with E-state index >= 15 is 0 Å². The van der Waals surface area contributed by atoms with Gasteiger partial charge < -0.3 is 20.5 Å². The Morgan fingerprint density at radius 3 is 2.63 bits per heavy atom. The first-order chi connectivity index (χ1) is 18.4. The molecule has 0 saturated heterocycles. The summed E-state index contributed by atoms with van der Waals surface area (Å²) in [5.41, 5.74) is 8.13. The van der Waals surface area contributed by atoms with E-state index < -0.39 is 0 Å². The minimum atomic E-state index is -0.291. The number of pyridine rings is 1. The number of rotatable bonds is 10. The molecule has 4 aromatic rings. The van der Waals surface area contributed by atoms with Crippen molar-refractivity contribution in [3.05, 3.63) is 94.5 Å². The Morgan fingerprint density at radius 1 is 1.11 bits per heavy atom. The number of carbonyl (C=O) groups is 2. The molecule has 0 saturated carbocycles. The molecule has 0 fully saturated rings. The van der Waals surface area contributed by atoms with E-state index in [-0.39, 0.29) is 30.5 Å². The van der Waals surface area contributed by atoms with Gasteiger partial charge in [0.1, 0.15) is 22.9 Å². The first kappa shape index (κ1) is 26.8. The minimum Gasteiger partial charge on any atom is -0.454 e. The quantitative estimate of drug-likeness (QED) is 0.277. The molecule has 0 aliphatic heterocycles. The number of hydrogen-bond acceptors (Lipinski definition) is 9. The van der Waals surface area contributed by atoms with E-state index in [1.54, 1.807) is 56.6 Å². The summed E-state index contributed by atoms with van der Waals surface area (Å²) in [6, 6.07) is 16.3. The number of hydrogen-bond donors (Lipinski definition) is 2. The predicted octanol–water partition coefficient (Wildman–Crippen LogP) is 4.85. The number of amides is 1. The Bertz CT molecular complexity index is 1500. The van der Waals surface area contributed by atoms with Crippen LogP contribution in [0.1, 0.15) is 35.1 Å². The molecule has 0 atom stereocenters. The number of anilines is 1. The zero-order chi connectivity index (χ0) is 27.1. The van der Waals surface area contributed by atoms with E-state index in [0.717, 1.165) is 17.1 Å². The average Bonchev–Trinajstić information content (AvgIpc) is 2.92. The fourth-order valence-corrected chi connectivity index (χ4v) is 4.75. The third kappa shape index (κ3) is 6.16. The molecule has 0 aliphatic carbocycles. The molecule has 3 N–H and O–H groups in total. The van der Waals surface area contributed by atoms with Crippen molar-refractivity contribution < 1.29 is 19.4 Å². The van der Waals surface area contributed by atoms with Crippen LogP contribution in [0.3, 0.4) is 0 Å². The number of para-hydroxylation sites is 2. The largest absolute Gasteiger partial charge is 0.454 e. The number of ether oxygens (including phenoxy) is 1. The molecule has 10 heteroatoms. The van der Waals surface area contributed by atoms with Crippen molar-refractivity contribution in [2.45, 2.75) is 26.8 Å². The topological polar surface area (TPSA) is 132 Å². The summed E-state index contributed by atoms with van der Waals surface area (Å²) in [6.07, 6.45) is 4.09. The molecule has 0 radical (unpaired) electrons. The number of carbonyl (C=O) groups excluding carboxylic acids is 2. The Kier molecular flexibility index (Phi) is 8.67. The molecule has 2 aromatic carbocycles. The van der Waals surface area contributed by atoms with Crippen LogP contribution in [-0.4, -0.2) is 43.1 Å². The second kappa shape index (κ2) is 12.3. The summed E-state index contributed by atoms with van der Waals surface area (Å²) >= 11 is 0.942. The lowest BCUT2D eigenvalue weighted by molar-refractivity contribution is -0.116. The van der Waals surface area contributed by atoms with Gasteiger partial charge in [-0.3, -0.25) is 14.6 Å². The van der Waals surface area contributed by atoms with Crippen LogP contribution >= 0.6 is 11.8 Å². The Labute approximate surface area is 224 Å². The summed E-state index contributed by atoms with van der Waals surface area (Å²) in [5.74, 6) is 1.71. The van der Waals surface area contributed by atoms with E-state index in [0.29, 0.717) is 51.0 Å². The van der Waals surface area contributed by atoms with Gasteiger partial charge in [-0.2, -0.15) is 0 Å². The van der Waals surface area contributed by atoms with E-state index in [1.165, 1.54) is 4.90 Å². The number of allylic oxidation sites excluding steroid dienone is 1. The highest BCUT2D eigenvalue weighted by molar-refractivity contribution is 8.17. The third-order valence-electron chi connectivity index (χ3n) is 5.80. The first-order valence-corrected chi connectivity index (χ1v) is 12.7. The van der Waals surface area contributed by atoms with Crippen molar-refractivity contribution >= 4 is 40.0 Å². The van der Waals surface area contributed by atoms with E-state index in [4.69, 9.17) is 10.5 Å². The smallest absolute Gasteiger partial charge is 0.227 e. The van der Waals surface area contributed by atoms with Gasteiger partial charge in [-0.15, -0.1) is 0 Å². The molecule has 1 amide bonds. The third-order valence-corrected chi connectivity index (χ3v) is 6.95. The van der Waals surface area contributed by atoms with Gasteiger partial charge in [0.2, 0.25) is 11.5 Å². The van der Waals surface area contributed by atoms with E-state index in [9.17, 15) is 14.7 Å². The van der Waals surface area contributed by atoms with Crippen LogP contribution < -0.4 is 10.5 Å². The number of aryl methyl sites for hydroxylation is 1. The lowest BCUT2D eigenvalue weighted by Crippen LogP contribution is -2.22. The number of fused-ring (bicyclic) bond motifs is 1. The zero-order valence-electron chi connectivity index (χ0n) is 21.0. The summed E-state index contributed by atoms with van der Waals surface area (Å²) in [6.45, 7) is 3.37. The van der Waals surface area contributed by atoms with Crippen LogP contribution in [0.15, 0.2) is 77.6 Å². The molecule has 2 heterocycles. The van der Waals surface area contributed by atoms with Crippen LogP contribution in [0.25, 0.3) is 10.9 Å². The van der Waals surface area contributed by atoms with Gasteiger partial charge in [0.25, 0.3) is 0 Å². The van der Waals surface area contributed by atoms with Crippen LogP contribution in [0.2, 0.25) is 0 Å². The van der Waals surface area contributed by atoms with Gasteiger partial charge in [-0.05, 0) is 49.9 Å². The normalized spacial score (nSPS) is 11.7. The van der Waals surface area contributed by atoms with Crippen LogP contribution in [0.5, 0.6) is 11.5 Å². The molecule has 38 heavy (non-hydrogen) atoms. The molecule has 2 aromatic heterocycles. The Morgan fingerprint density at radius 2 is 1.87 bits per heavy atom. The van der Waals surface area contributed by atoms with Crippen molar-refractivity contribution in [2.75, 3.05) is 12.3 Å². The first-order valence-electron chi connectivity index (χ1n) is 11.8. The Hall–Kier alpha value is -4.28. The second-order valence-electron chi connectivity index (χ2n) is 8.36. The van der Waals surface area contributed by atoms with Crippen LogP contribution in [0, 0.1) is 6.92 Å². The average molecular weight is 530 g/mol. The van der Waals surface area contributed by atoms with Crippen molar-refractivity contribution in [1.82, 2.24) is 19.9 Å². The van der Waals surface area contributed by atoms with E-state index in [2.05, 4.69) is 15.0 Å². The summed E-state index contributed by atoms with van der Waals surface area (Å²) in [7, 11) is 0. The Balaban J connectivity index is 1.61. The number of nitrogens with two attached hydrogens (primary N) is 1. The molecule has 0 bridgehead atoms. The molecule has 0 unspecified atom stereocenters. The van der Waals surface area contributed by atoms with Crippen molar-refractivity contribution in [1.29, 1.82) is 0 Å². The molecule has 194 valence electrons. The van der Waals surface area contributed by atoms with Gasteiger partial charge in [-0.1, -0.05) is 30.3 Å². The maximum absolute atomic E-state index is 13.5. The number of thioether (sulfide) groups is 1. The van der Waals surface area contributed by atoms with E-state index in [1.807, 2.05) is 24.3 Å². The number of benzene rings is 2. The highest BCUT2D eigenvalue weighted by Crippen LogP contribution is 2.35. The fraction of sp³-hybridized carbons (Fsp3) is 0.179. The molecule has 9 nitrogen and oxygen atoms in total. The second-order valence-corrected chi connectivity index (χ2v) is 9.43. The fourth-order valence-electron chi connectivity index (χ4n) is 3.79. The number of nitrogen functional groups attached to an aromatic ring is 1. The summed E-state index contributed by atoms with van der Waals surface area (Å²) in [4.78, 5) is 40.1. The molecule has 4 rings (SSSR count). The molecule has 0 spiro atoms. The molecule has 0 aliphatic rings. The van der Waals surface area contributed by atoms with Crippen LogP contribution in [-0.2, 0) is 11.3 Å². The number of nitrogens with zero attached hydrogens (tertiary/aromatic N) is 4. The number of aliphatic hydroxyl groups is 1. The van der Waals surface area contributed by atoms with Crippen molar-refractivity contribution in [3.63, 3.8) is 0 Å². The van der Waals surface area contributed by atoms with Crippen molar-refractivity contribution in [2.24, 2.45) is 0 Å². The van der Waals surface area contributed by atoms with Gasteiger partial charge >= 0.3 is 0 Å². The highest BCUT2D eigenvalue weighted by Gasteiger charge is 2.20. The summed E-state index contributed by atoms with van der Waals surface area (Å²) in [5, 5.41) is 10.3. The van der Waals surface area contributed by atoms with Gasteiger partial charge in [0, 0.05) is 47.0 Å². The van der Waals surface area contributed by atoms with Gasteiger partial charge in [0.15, 0.2) is 5.75 Å². The lowest BCUT2D eigenvalue weighted by atomic mass is 10.2. The minimum absolute atomic E-state index is 0.124. The lowest BCUT2D eigenvalue weighted by Gasteiger charge is -2.22. The van der Waals surface area contributed by atoms with Gasteiger partial charge in [-0.25, -0.2) is 9.97 Å².